The fourth-order valence-electron chi connectivity index (χ4n) is 3.09. The highest BCUT2D eigenvalue weighted by Gasteiger charge is 2.38. The van der Waals surface area contributed by atoms with Gasteiger partial charge in [-0.2, -0.15) is 0 Å². The lowest BCUT2D eigenvalue weighted by Gasteiger charge is -2.27. The van der Waals surface area contributed by atoms with Gasteiger partial charge in [0.05, 0.1) is 22.0 Å². The summed E-state index contributed by atoms with van der Waals surface area (Å²) in [6, 6.07) is 14.6. The molecular formula is C20H14Cl2FN3O. The van der Waals surface area contributed by atoms with Crippen molar-refractivity contribution in [1.82, 2.24) is 9.88 Å². The average molecular weight is 402 g/mol. The van der Waals surface area contributed by atoms with Crippen LogP contribution in [0.25, 0.3) is 0 Å². The molecule has 3 aromatic rings. The number of pyridine rings is 1. The summed E-state index contributed by atoms with van der Waals surface area (Å²) < 4.78 is 13.2. The van der Waals surface area contributed by atoms with Gasteiger partial charge in [0.1, 0.15) is 12.0 Å². The Kier molecular flexibility index (Phi) is 4.72. The van der Waals surface area contributed by atoms with E-state index in [1.165, 1.54) is 12.1 Å². The summed E-state index contributed by atoms with van der Waals surface area (Å²) in [5.41, 5.74) is 2.54. The number of rotatable bonds is 4. The third-order valence-electron chi connectivity index (χ3n) is 4.39. The maximum Gasteiger partial charge on any atom is 0.258 e. The molecule has 4 rings (SSSR count). The summed E-state index contributed by atoms with van der Waals surface area (Å²) in [4.78, 5) is 19.0. The van der Waals surface area contributed by atoms with Crippen molar-refractivity contribution in [2.75, 3.05) is 5.32 Å². The van der Waals surface area contributed by atoms with Gasteiger partial charge in [0.2, 0.25) is 0 Å². The minimum absolute atomic E-state index is 0.155. The second kappa shape index (κ2) is 7.18. The Morgan fingerprint density at radius 3 is 2.67 bits per heavy atom. The summed E-state index contributed by atoms with van der Waals surface area (Å²) in [6.07, 6.45) is 1.12. The first-order valence-electron chi connectivity index (χ1n) is 8.25. The van der Waals surface area contributed by atoms with Crippen LogP contribution in [0, 0.1) is 5.82 Å². The van der Waals surface area contributed by atoms with Crippen LogP contribution >= 0.6 is 23.2 Å². The van der Waals surface area contributed by atoms with E-state index in [1.54, 1.807) is 53.6 Å². The van der Waals surface area contributed by atoms with Crippen LogP contribution in [0.5, 0.6) is 0 Å². The number of amides is 1. The highest BCUT2D eigenvalue weighted by Crippen LogP contribution is 2.36. The number of carbonyl (C=O) groups excluding carboxylic acids is 1. The van der Waals surface area contributed by atoms with Gasteiger partial charge in [-0.15, -0.1) is 0 Å². The second-order valence-electron chi connectivity index (χ2n) is 6.17. The molecule has 0 saturated carbocycles. The zero-order chi connectivity index (χ0) is 19.0. The first-order valence-corrected chi connectivity index (χ1v) is 9.00. The van der Waals surface area contributed by atoms with Crippen molar-refractivity contribution in [1.29, 1.82) is 0 Å². The van der Waals surface area contributed by atoms with Crippen molar-refractivity contribution in [2.24, 2.45) is 0 Å². The molecule has 136 valence electrons. The van der Waals surface area contributed by atoms with Crippen molar-refractivity contribution in [3.8, 4) is 0 Å². The van der Waals surface area contributed by atoms with E-state index in [0.717, 1.165) is 5.56 Å². The quantitative estimate of drug-likeness (QED) is 0.645. The lowest BCUT2D eigenvalue weighted by atomic mass is 10.2. The number of anilines is 1. The molecule has 1 aromatic heterocycles. The number of fused-ring (bicyclic) bond motifs is 1. The highest BCUT2D eigenvalue weighted by molar-refractivity contribution is 6.35. The van der Waals surface area contributed by atoms with E-state index < -0.39 is 6.17 Å². The van der Waals surface area contributed by atoms with Gasteiger partial charge in [0.15, 0.2) is 0 Å². The van der Waals surface area contributed by atoms with Crippen LogP contribution in [0.1, 0.15) is 27.8 Å². The Hall–Kier alpha value is -2.63. The number of hydrogen-bond donors (Lipinski definition) is 1. The van der Waals surface area contributed by atoms with E-state index in [4.69, 9.17) is 23.2 Å². The van der Waals surface area contributed by atoms with Gasteiger partial charge in [-0.25, -0.2) is 4.39 Å². The number of aromatic nitrogens is 1. The number of halogens is 3. The van der Waals surface area contributed by atoms with Gasteiger partial charge in [-0.05, 0) is 48.0 Å². The Morgan fingerprint density at radius 2 is 1.89 bits per heavy atom. The van der Waals surface area contributed by atoms with Crippen LogP contribution in [0.2, 0.25) is 10.0 Å². The summed E-state index contributed by atoms with van der Waals surface area (Å²) in [5, 5.41) is 4.28. The third kappa shape index (κ3) is 3.48. The smallest absolute Gasteiger partial charge is 0.258 e. The monoisotopic (exact) mass is 401 g/mol. The molecule has 1 amide bonds. The van der Waals surface area contributed by atoms with Crippen LogP contribution in [0.4, 0.5) is 10.1 Å². The molecule has 1 aliphatic rings. The van der Waals surface area contributed by atoms with Gasteiger partial charge >= 0.3 is 0 Å². The first kappa shape index (κ1) is 17.8. The lowest BCUT2D eigenvalue weighted by Crippen LogP contribution is -2.32. The van der Waals surface area contributed by atoms with Crippen molar-refractivity contribution in [2.45, 2.75) is 12.7 Å². The molecule has 1 atom stereocenters. The van der Waals surface area contributed by atoms with Gasteiger partial charge in [0.25, 0.3) is 5.91 Å². The van der Waals surface area contributed by atoms with Crippen molar-refractivity contribution < 1.29 is 9.18 Å². The van der Waals surface area contributed by atoms with E-state index in [9.17, 15) is 9.18 Å². The molecule has 27 heavy (non-hydrogen) atoms. The van der Waals surface area contributed by atoms with Gasteiger partial charge in [-0.3, -0.25) is 9.78 Å². The second-order valence-corrected chi connectivity index (χ2v) is 7.01. The van der Waals surface area contributed by atoms with Crippen molar-refractivity contribution >= 4 is 34.8 Å². The summed E-state index contributed by atoms with van der Waals surface area (Å²) in [7, 11) is 0. The molecule has 0 saturated heterocycles. The summed E-state index contributed by atoms with van der Waals surface area (Å²) >= 11 is 12.4. The molecule has 0 radical (unpaired) electrons. The SMILES string of the molecule is O=C1c2cccnc2[C@@H](Nc2cc(Cl)ccc2Cl)N1Cc1ccc(F)cc1. The largest absolute Gasteiger partial charge is 0.359 e. The minimum Gasteiger partial charge on any atom is -0.359 e. The molecule has 1 aliphatic heterocycles. The van der Waals surface area contributed by atoms with E-state index in [-0.39, 0.29) is 11.7 Å². The fourth-order valence-corrected chi connectivity index (χ4v) is 3.43. The molecule has 0 unspecified atom stereocenters. The number of benzene rings is 2. The molecule has 2 aromatic carbocycles. The van der Waals surface area contributed by atoms with E-state index in [2.05, 4.69) is 10.3 Å². The van der Waals surface area contributed by atoms with Gasteiger partial charge < -0.3 is 10.2 Å². The van der Waals surface area contributed by atoms with Crippen LogP contribution in [-0.2, 0) is 6.54 Å². The van der Waals surface area contributed by atoms with E-state index in [1.807, 2.05) is 0 Å². The number of nitrogens with zero attached hydrogens (tertiary/aromatic N) is 2. The lowest BCUT2D eigenvalue weighted by molar-refractivity contribution is 0.0728. The molecule has 2 heterocycles. The van der Waals surface area contributed by atoms with Gasteiger partial charge in [-0.1, -0.05) is 35.3 Å². The average Bonchev–Trinajstić information content (AvgIpc) is 2.92. The Morgan fingerprint density at radius 1 is 1.11 bits per heavy atom. The summed E-state index contributed by atoms with van der Waals surface area (Å²) in [6.45, 7) is 0.297. The van der Waals surface area contributed by atoms with Crippen LogP contribution in [0.15, 0.2) is 60.8 Å². The third-order valence-corrected chi connectivity index (χ3v) is 4.95. The molecule has 0 aliphatic carbocycles. The molecule has 4 nitrogen and oxygen atoms in total. The Bertz CT molecular complexity index is 1010. The maximum atomic E-state index is 13.2. The van der Waals surface area contributed by atoms with Crippen molar-refractivity contribution in [3.63, 3.8) is 0 Å². The minimum atomic E-state index is -0.519. The molecule has 7 heteroatoms. The number of carbonyl (C=O) groups is 1. The zero-order valence-electron chi connectivity index (χ0n) is 14.0. The number of nitrogens with one attached hydrogen (secondary N) is 1. The van der Waals surface area contributed by atoms with Crippen LogP contribution in [0.3, 0.4) is 0 Å². The summed E-state index contributed by atoms with van der Waals surface area (Å²) in [5.74, 6) is -0.477. The predicted molar refractivity (Wildman–Crippen MR) is 103 cm³/mol. The highest BCUT2D eigenvalue weighted by atomic mass is 35.5. The maximum absolute atomic E-state index is 13.2. The Balaban J connectivity index is 1.71. The molecular weight excluding hydrogens is 388 g/mol. The van der Waals surface area contributed by atoms with Gasteiger partial charge in [0, 0.05) is 17.8 Å². The van der Waals surface area contributed by atoms with E-state index in [0.29, 0.717) is 33.5 Å². The zero-order valence-corrected chi connectivity index (χ0v) is 15.5. The fraction of sp³-hybridized carbons (Fsp3) is 0.100. The number of hydrogen-bond acceptors (Lipinski definition) is 3. The molecule has 0 fully saturated rings. The Labute approximate surface area is 165 Å². The normalized spacial score (nSPS) is 15.7. The topological polar surface area (TPSA) is 45.2 Å². The van der Waals surface area contributed by atoms with Crippen LogP contribution in [-0.4, -0.2) is 15.8 Å². The van der Waals surface area contributed by atoms with Crippen molar-refractivity contribution in [3.05, 3.63) is 93.5 Å². The molecule has 1 N–H and O–H groups in total. The van der Waals surface area contributed by atoms with Crippen LogP contribution < -0.4 is 5.32 Å². The molecule has 0 spiro atoms. The predicted octanol–water partition coefficient (Wildman–Crippen LogP) is 5.29. The standard InChI is InChI=1S/C20H14Cl2FN3O/c21-13-5-8-16(22)17(10-13)25-19-18-15(2-1-9-24-18)20(27)26(19)11-12-3-6-14(23)7-4-12/h1-10,19,25H,11H2/t19-/m0/s1. The van der Waals surface area contributed by atoms with E-state index >= 15 is 0 Å². The molecule has 0 bridgehead atoms. The first-order chi connectivity index (χ1) is 13.0.